The third kappa shape index (κ3) is 4.14. The highest BCUT2D eigenvalue weighted by atomic mass is 35.5. The Bertz CT molecular complexity index is 531. The van der Waals surface area contributed by atoms with Crippen LogP contribution in [0.2, 0.25) is 0 Å². The van der Waals surface area contributed by atoms with Gasteiger partial charge in [0.1, 0.15) is 5.82 Å². The number of aryl methyl sites for hydroxylation is 1. The lowest BCUT2D eigenvalue weighted by atomic mass is 10.1. The van der Waals surface area contributed by atoms with Gasteiger partial charge in [0, 0.05) is 6.54 Å². The SMILES string of the molecule is Cc1cc(F)ccc1S(=O)(=O)NCC1CCNC1.Cl. The van der Waals surface area contributed by atoms with Gasteiger partial charge < -0.3 is 5.32 Å². The minimum Gasteiger partial charge on any atom is -0.316 e. The second-order valence-corrected chi connectivity index (χ2v) is 6.36. The van der Waals surface area contributed by atoms with Crippen molar-refractivity contribution in [1.82, 2.24) is 10.0 Å². The molecule has 1 aromatic carbocycles. The van der Waals surface area contributed by atoms with Crippen molar-refractivity contribution in [3.05, 3.63) is 29.6 Å². The van der Waals surface area contributed by atoms with Crippen LogP contribution >= 0.6 is 12.4 Å². The summed E-state index contributed by atoms with van der Waals surface area (Å²) in [5.41, 5.74) is 0.423. The highest BCUT2D eigenvalue weighted by molar-refractivity contribution is 7.89. The topological polar surface area (TPSA) is 58.2 Å². The Labute approximate surface area is 119 Å². The molecule has 0 bridgehead atoms. The molecule has 1 unspecified atom stereocenters. The van der Waals surface area contributed by atoms with Crippen molar-refractivity contribution in [2.24, 2.45) is 5.92 Å². The van der Waals surface area contributed by atoms with Gasteiger partial charge in [-0.05, 0) is 56.1 Å². The molecule has 0 aliphatic carbocycles. The minimum absolute atomic E-state index is 0. The van der Waals surface area contributed by atoms with Gasteiger partial charge in [0.25, 0.3) is 0 Å². The maximum Gasteiger partial charge on any atom is 0.240 e. The van der Waals surface area contributed by atoms with Crippen molar-refractivity contribution in [1.29, 1.82) is 0 Å². The van der Waals surface area contributed by atoms with E-state index in [2.05, 4.69) is 10.0 Å². The van der Waals surface area contributed by atoms with Crippen molar-refractivity contribution >= 4 is 22.4 Å². The molecule has 0 saturated carbocycles. The van der Waals surface area contributed by atoms with Gasteiger partial charge in [-0.3, -0.25) is 0 Å². The molecule has 0 aromatic heterocycles. The fraction of sp³-hybridized carbons (Fsp3) is 0.500. The second-order valence-electron chi connectivity index (χ2n) is 4.62. The first-order valence-corrected chi connectivity index (χ1v) is 7.44. The zero-order valence-electron chi connectivity index (χ0n) is 10.6. The largest absolute Gasteiger partial charge is 0.316 e. The van der Waals surface area contributed by atoms with Crippen LogP contribution in [0.4, 0.5) is 4.39 Å². The molecule has 1 aliphatic heterocycles. The van der Waals surface area contributed by atoms with Crippen LogP contribution in [0.1, 0.15) is 12.0 Å². The van der Waals surface area contributed by atoms with Gasteiger partial charge in [0.15, 0.2) is 0 Å². The minimum atomic E-state index is -3.54. The Morgan fingerprint density at radius 2 is 2.21 bits per heavy atom. The first-order chi connectivity index (χ1) is 8.49. The zero-order valence-corrected chi connectivity index (χ0v) is 12.3. The van der Waals surface area contributed by atoms with E-state index in [1.807, 2.05) is 0 Å². The molecule has 1 saturated heterocycles. The summed E-state index contributed by atoms with van der Waals surface area (Å²) >= 11 is 0. The van der Waals surface area contributed by atoms with Gasteiger partial charge in [-0.2, -0.15) is 0 Å². The number of halogens is 2. The lowest BCUT2D eigenvalue weighted by molar-refractivity contribution is 0.538. The molecule has 0 spiro atoms. The molecule has 1 heterocycles. The number of hydrogen-bond donors (Lipinski definition) is 2. The average molecular weight is 309 g/mol. The summed E-state index contributed by atoms with van der Waals surface area (Å²) in [6.07, 6.45) is 0.977. The number of nitrogens with one attached hydrogen (secondary N) is 2. The summed E-state index contributed by atoms with van der Waals surface area (Å²) in [6, 6.07) is 3.70. The van der Waals surface area contributed by atoms with Gasteiger partial charge in [-0.25, -0.2) is 17.5 Å². The average Bonchev–Trinajstić information content (AvgIpc) is 2.78. The fourth-order valence-electron chi connectivity index (χ4n) is 2.11. The van der Waals surface area contributed by atoms with Crippen molar-refractivity contribution in [3.63, 3.8) is 0 Å². The van der Waals surface area contributed by atoms with Crippen LogP contribution in [0, 0.1) is 18.7 Å². The van der Waals surface area contributed by atoms with E-state index in [4.69, 9.17) is 0 Å². The quantitative estimate of drug-likeness (QED) is 0.885. The van der Waals surface area contributed by atoms with Gasteiger partial charge in [0.2, 0.25) is 10.0 Å². The first kappa shape index (κ1) is 16.4. The predicted octanol–water partition coefficient (Wildman–Crippen LogP) is 1.44. The maximum atomic E-state index is 12.9. The molecule has 19 heavy (non-hydrogen) atoms. The van der Waals surface area contributed by atoms with E-state index in [1.165, 1.54) is 18.2 Å². The molecule has 1 aliphatic rings. The highest BCUT2D eigenvalue weighted by Gasteiger charge is 2.20. The lowest BCUT2D eigenvalue weighted by Gasteiger charge is -2.12. The van der Waals surface area contributed by atoms with Crippen molar-refractivity contribution < 1.29 is 12.8 Å². The summed E-state index contributed by atoms with van der Waals surface area (Å²) in [7, 11) is -3.54. The van der Waals surface area contributed by atoms with Gasteiger partial charge in [-0.1, -0.05) is 0 Å². The van der Waals surface area contributed by atoms with Crippen LogP contribution in [0.5, 0.6) is 0 Å². The molecule has 1 atom stereocenters. The molecular formula is C12H18ClFN2O2S. The van der Waals surface area contributed by atoms with Crippen molar-refractivity contribution in [2.45, 2.75) is 18.2 Å². The van der Waals surface area contributed by atoms with Gasteiger partial charge in [-0.15, -0.1) is 12.4 Å². The Hall–Kier alpha value is -0.690. The molecule has 2 N–H and O–H groups in total. The molecule has 1 fully saturated rings. The van der Waals surface area contributed by atoms with E-state index in [-0.39, 0.29) is 17.3 Å². The summed E-state index contributed by atoms with van der Waals surface area (Å²) in [5, 5.41) is 3.18. The Morgan fingerprint density at radius 3 is 2.79 bits per heavy atom. The van der Waals surface area contributed by atoms with Crippen LogP contribution in [-0.2, 0) is 10.0 Å². The normalized spacial score (nSPS) is 19.2. The van der Waals surface area contributed by atoms with Crippen LogP contribution in [0.3, 0.4) is 0 Å². The third-order valence-electron chi connectivity index (χ3n) is 3.15. The fourth-order valence-corrected chi connectivity index (χ4v) is 3.45. The number of hydrogen-bond acceptors (Lipinski definition) is 3. The summed E-state index contributed by atoms with van der Waals surface area (Å²) in [4.78, 5) is 0.148. The van der Waals surface area contributed by atoms with Crippen LogP contribution < -0.4 is 10.0 Å². The Balaban J connectivity index is 0.00000180. The third-order valence-corrected chi connectivity index (χ3v) is 4.73. The number of rotatable bonds is 4. The molecule has 1 aromatic rings. The summed E-state index contributed by atoms with van der Waals surface area (Å²) in [5.74, 6) is -0.0908. The van der Waals surface area contributed by atoms with Crippen LogP contribution in [-0.4, -0.2) is 28.1 Å². The summed E-state index contributed by atoms with van der Waals surface area (Å²) < 4.78 is 39.7. The lowest BCUT2D eigenvalue weighted by Crippen LogP contribution is -2.30. The Kier molecular flexibility index (Phi) is 5.73. The van der Waals surface area contributed by atoms with Crippen LogP contribution in [0.25, 0.3) is 0 Å². The monoisotopic (exact) mass is 308 g/mol. The van der Waals surface area contributed by atoms with Crippen molar-refractivity contribution in [3.8, 4) is 0 Å². The molecular weight excluding hydrogens is 291 g/mol. The number of sulfonamides is 1. The van der Waals surface area contributed by atoms with Crippen molar-refractivity contribution in [2.75, 3.05) is 19.6 Å². The molecule has 2 rings (SSSR count). The zero-order chi connectivity index (χ0) is 13.2. The van der Waals surface area contributed by atoms with E-state index in [1.54, 1.807) is 6.92 Å². The highest BCUT2D eigenvalue weighted by Crippen LogP contribution is 2.16. The Morgan fingerprint density at radius 1 is 1.47 bits per heavy atom. The standard InChI is InChI=1S/C12H17FN2O2S.ClH/c1-9-6-11(13)2-3-12(9)18(16,17)15-8-10-4-5-14-7-10;/h2-3,6,10,14-15H,4-5,7-8H2,1H3;1H. The van der Waals surface area contributed by atoms with Gasteiger partial charge >= 0.3 is 0 Å². The maximum absolute atomic E-state index is 12.9. The predicted molar refractivity (Wildman–Crippen MR) is 74.6 cm³/mol. The molecule has 108 valence electrons. The molecule has 0 radical (unpaired) electrons. The molecule has 0 amide bonds. The van der Waals surface area contributed by atoms with Crippen LogP contribution in [0.15, 0.2) is 23.1 Å². The van der Waals surface area contributed by atoms with E-state index in [0.29, 0.717) is 18.0 Å². The molecule has 7 heteroatoms. The van der Waals surface area contributed by atoms with E-state index >= 15 is 0 Å². The van der Waals surface area contributed by atoms with E-state index in [9.17, 15) is 12.8 Å². The first-order valence-electron chi connectivity index (χ1n) is 5.95. The smallest absolute Gasteiger partial charge is 0.240 e. The molecule has 4 nitrogen and oxygen atoms in total. The van der Waals surface area contributed by atoms with E-state index < -0.39 is 15.8 Å². The second kappa shape index (κ2) is 6.65. The van der Waals surface area contributed by atoms with E-state index in [0.717, 1.165) is 19.5 Å². The number of benzene rings is 1. The van der Waals surface area contributed by atoms with Gasteiger partial charge in [0.05, 0.1) is 4.90 Å². The summed E-state index contributed by atoms with van der Waals surface area (Å²) in [6.45, 7) is 3.79.